The first-order valence-electron chi connectivity index (χ1n) is 8.35. The van der Waals surface area contributed by atoms with E-state index in [1.165, 1.54) is 0 Å². The van der Waals surface area contributed by atoms with E-state index < -0.39 is 5.97 Å². The average Bonchev–Trinajstić information content (AvgIpc) is 3.33. The van der Waals surface area contributed by atoms with Gasteiger partial charge in [0.25, 0.3) is 5.91 Å². The number of nitrogens with zero attached hydrogens (tertiary/aromatic N) is 2. The molecule has 1 atom stereocenters. The van der Waals surface area contributed by atoms with Crippen molar-refractivity contribution >= 4 is 29.0 Å². The van der Waals surface area contributed by atoms with Gasteiger partial charge in [-0.05, 0) is 43.3 Å². The second-order valence-electron chi connectivity index (χ2n) is 5.95. The number of pyridine rings is 1. The number of thiophene rings is 1. The van der Waals surface area contributed by atoms with Crippen LogP contribution in [0.25, 0.3) is 0 Å². The smallest absolute Gasteiger partial charge is 0.342 e. The maximum absolute atomic E-state index is 12.4. The van der Waals surface area contributed by atoms with Gasteiger partial charge in [-0.25, -0.2) is 9.78 Å². The number of hydrogen-bond acceptors (Lipinski definition) is 6. The van der Waals surface area contributed by atoms with Gasteiger partial charge in [0.15, 0.2) is 6.61 Å². The Bertz CT molecular complexity index is 727. The standard InChI is InChI=1S/C18H21N3O3S/c1-13(15-7-5-11-25-15)20-16(22)12-24-18(23)14-6-4-8-19-17(14)21-9-2-3-10-21/h4-8,11,13H,2-3,9-10,12H2,1H3,(H,20,22)/t13-/m1/s1. The van der Waals surface area contributed by atoms with Crippen molar-refractivity contribution in [1.29, 1.82) is 0 Å². The number of ether oxygens (including phenoxy) is 1. The lowest BCUT2D eigenvalue weighted by atomic mass is 10.2. The third-order valence-electron chi connectivity index (χ3n) is 4.09. The van der Waals surface area contributed by atoms with E-state index in [2.05, 4.69) is 15.2 Å². The zero-order chi connectivity index (χ0) is 17.6. The molecule has 2 aromatic heterocycles. The van der Waals surface area contributed by atoms with Gasteiger partial charge in [-0.1, -0.05) is 6.07 Å². The van der Waals surface area contributed by atoms with Crippen molar-refractivity contribution in [1.82, 2.24) is 10.3 Å². The monoisotopic (exact) mass is 359 g/mol. The molecule has 3 heterocycles. The van der Waals surface area contributed by atoms with E-state index in [4.69, 9.17) is 4.74 Å². The molecule has 0 aromatic carbocycles. The van der Waals surface area contributed by atoms with E-state index in [1.54, 1.807) is 29.7 Å². The van der Waals surface area contributed by atoms with Gasteiger partial charge in [0, 0.05) is 24.2 Å². The molecule has 0 radical (unpaired) electrons. The fourth-order valence-electron chi connectivity index (χ4n) is 2.84. The molecule has 1 N–H and O–H groups in total. The molecule has 25 heavy (non-hydrogen) atoms. The molecule has 1 amide bonds. The molecule has 1 fully saturated rings. The molecule has 3 rings (SSSR count). The van der Waals surface area contributed by atoms with Crippen molar-refractivity contribution in [3.63, 3.8) is 0 Å². The zero-order valence-corrected chi connectivity index (χ0v) is 14.9. The second-order valence-corrected chi connectivity index (χ2v) is 6.93. The Morgan fingerprint density at radius 3 is 2.84 bits per heavy atom. The fraction of sp³-hybridized carbons (Fsp3) is 0.389. The number of rotatable bonds is 6. The molecule has 1 saturated heterocycles. The Morgan fingerprint density at radius 2 is 2.12 bits per heavy atom. The van der Waals surface area contributed by atoms with Crippen molar-refractivity contribution in [2.75, 3.05) is 24.6 Å². The SMILES string of the molecule is C[C@@H](NC(=O)COC(=O)c1cccnc1N1CCCC1)c1cccs1. The molecule has 0 saturated carbocycles. The summed E-state index contributed by atoms with van der Waals surface area (Å²) in [6, 6.07) is 7.18. The molecule has 0 bridgehead atoms. The highest BCUT2D eigenvalue weighted by atomic mass is 32.1. The highest BCUT2D eigenvalue weighted by Crippen LogP contribution is 2.22. The minimum Gasteiger partial charge on any atom is -0.452 e. The predicted molar refractivity (Wildman–Crippen MR) is 96.8 cm³/mol. The predicted octanol–water partition coefficient (Wildman–Crippen LogP) is 2.78. The summed E-state index contributed by atoms with van der Waals surface area (Å²) >= 11 is 1.57. The normalized spacial score (nSPS) is 15.0. The van der Waals surface area contributed by atoms with Gasteiger partial charge < -0.3 is 15.0 Å². The fourth-order valence-corrected chi connectivity index (χ4v) is 3.57. The molecule has 6 nitrogen and oxygen atoms in total. The van der Waals surface area contributed by atoms with Crippen LogP contribution in [0.4, 0.5) is 5.82 Å². The van der Waals surface area contributed by atoms with Crippen LogP contribution in [0.5, 0.6) is 0 Å². The summed E-state index contributed by atoms with van der Waals surface area (Å²) in [7, 11) is 0. The van der Waals surface area contributed by atoms with Crippen LogP contribution in [0.1, 0.15) is 41.0 Å². The molecule has 1 aliphatic rings. The van der Waals surface area contributed by atoms with E-state index in [0.29, 0.717) is 11.4 Å². The Labute approximate surface area is 150 Å². The van der Waals surface area contributed by atoms with E-state index in [1.807, 2.05) is 24.4 Å². The first-order valence-corrected chi connectivity index (χ1v) is 9.23. The second kappa shape index (κ2) is 8.11. The molecule has 1 aliphatic heterocycles. The Hall–Kier alpha value is -2.41. The lowest BCUT2D eigenvalue weighted by Crippen LogP contribution is -2.31. The number of amides is 1. The zero-order valence-electron chi connectivity index (χ0n) is 14.1. The van der Waals surface area contributed by atoms with Crippen LogP contribution in [0.3, 0.4) is 0 Å². The minimum atomic E-state index is -0.520. The largest absolute Gasteiger partial charge is 0.452 e. The van der Waals surface area contributed by atoms with E-state index in [-0.39, 0.29) is 18.6 Å². The highest BCUT2D eigenvalue weighted by Gasteiger charge is 2.22. The average molecular weight is 359 g/mol. The molecule has 0 unspecified atom stereocenters. The molecule has 132 valence electrons. The third kappa shape index (κ3) is 4.36. The Balaban J connectivity index is 1.56. The third-order valence-corrected chi connectivity index (χ3v) is 5.15. The number of anilines is 1. The first-order chi connectivity index (χ1) is 12.1. The Kier molecular flexibility index (Phi) is 5.65. The summed E-state index contributed by atoms with van der Waals surface area (Å²) in [5, 5.41) is 4.79. The molecule has 2 aromatic rings. The molecule has 0 spiro atoms. The Morgan fingerprint density at radius 1 is 1.32 bits per heavy atom. The molecule has 7 heteroatoms. The maximum Gasteiger partial charge on any atom is 0.342 e. The van der Waals surface area contributed by atoms with Crippen molar-refractivity contribution < 1.29 is 14.3 Å². The van der Waals surface area contributed by atoms with E-state index in [0.717, 1.165) is 30.8 Å². The van der Waals surface area contributed by atoms with Crippen molar-refractivity contribution in [2.24, 2.45) is 0 Å². The number of carbonyl (C=O) groups is 2. The van der Waals surface area contributed by atoms with Crippen LogP contribution in [0.2, 0.25) is 0 Å². The molecular weight excluding hydrogens is 338 g/mol. The number of carbonyl (C=O) groups excluding carboxylic acids is 2. The van der Waals surface area contributed by atoms with Gasteiger partial charge in [-0.2, -0.15) is 0 Å². The van der Waals surface area contributed by atoms with Crippen molar-refractivity contribution in [3.05, 3.63) is 46.3 Å². The number of esters is 1. The quantitative estimate of drug-likeness (QED) is 0.803. The summed E-state index contributed by atoms with van der Waals surface area (Å²) < 4.78 is 5.19. The summed E-state index contributed by atoms with van der Waals surface area (Å²) in [6.45, 7) is 3.37. The van der Waals surface area contributed by atoms with Gasteiger partial charge >= 0.3 is 5.97 Å². The lowest BCUT2D eigenvalue weighted by Gasteiger charge is -2.19. The number of nitrogens with one attached hydrogen (secondary N) is 1. The van der Waals surface area contributed by atoms with E-state index in [9.17, 15) is 9.59 Å². The van der Waals surface area contributed by atoms with Crippen LogP contribution >= 0.6 is 11.3 Å². The van der Waals surface area contributed by atoms with Crippen molar-refractivity contribution in [3.8, 4) is 0 Å². The van der Waals surface area contributed by atoms with Crippen LogP contribution in [-0.4, -0.2) is 36.6 Å². The van der Waals surface area contributed by atoms with Crippen molar-refractivity contribution in [2.45, 2.75) is 25.8 Å². The topological polar surface area (TPSA) is 71.5 Å². The van der Waals surface area contributed by atoms with Gasteiger partial charge in [0.1, 0.15) is 11.4 Å². The minimum absolute atomic E-state index is 0.107. The van der Waals surface area contributed by atoms with Crippen LogP contribution in [0, 0.1) is 0 Å². The van der Waals surface area contributed by atoms with Gasteiger partial charge in [-0.3, -0.25) is 4.79 Å². The van der Waals surface area contributed by atoms with Crippen LogP contribution in [0.15, 0.2) is 35.8 Å². The number of hydrogen-bond donors (Lipinski definition) is 1. The highest BCUT2D eigenvalue weighted by molar-refractivity contribution is 7.10. The molecule has 0 aliphatic carbocycles. The van der Waals surface area contributed by atoms with Crippen LogP contribution < -0.4 is 10.2 Å². The van der Waals surface area contributed by atoms with E-state index >= 15 is 0 Å². The summed E-state index contributed by atoms with van der Waals surface area (Å²) in [5.41, 5.74) is 0.406. The van der Waals surface area contributed by atoms with Gasteiger partial charge in [0.2, 0.25) is 0 Å². The van der Waals surface area contributed by atoms with Gasteiger partial charge in [-0.15, -0.1) is 11.3 Å². The van der Waals surface area contributed by atoms with Gasteiger partial charge in [0.05, 0.1) is 6.04 Å². The summed E-state index contributed by atoms with van der Waals surface area (Å²) in [6.07, 6.45) is 3.85. The lowest BCUT2D eigenvalue weighted by molar-refractivity contribution is -0.124. The first kappa shape index (κ1) is 17.4. The molecular formula is C18H21N3O3S. The summed E-state index contributed by atoms with van der Waals surface area (Å²) in [5.74, 6) is -0.202. The maximum atomic E-state index is 12.4. The summed E-state index contributed by atoms with van der Waals surface area (Å²) in [4.78, 5) is 31.8. The van der Waals surface area contributed by atoms with Crippen LogP contribution in [-0.2, 0) is 9.53 Å². The number of aromatic nitrogens is 1.